The summed E-state index contributed by atoms with van der Waals surface area (Å²) in [4.78, 5) is 14.3. The van der Waals surface area contributed by atoms with E-state index in [-0.39, 0.29) is 0 Å². The maximum atomic E-state index is 9.15. The van der Waals surface area contributed by atoms with Gasteiger partial charge < -0.3 is 15.4 Å². The van der Waals surface area contributed by atoms with Gasteiger partial charge in [0.2, 0.25) is 5.82 Å². The summed E-state index contributed by atoms with van der Waals surface area (Å²) < 4.78 is 6.29. The lowest BCUT2D eigenvalue weighted by atomic mass is 10.1. The Balaban J connectivity index is 1.56. The molecule has 36 heavy (non-hydrogen) atoms. The largest absolute Gasteiger partial charge is 0.494 e. The molecular weight excluding hydrogens is 500 g/mol. The summed E-state index contributed by atoms with van der Waals surface area (Å²) in [6.07, 6.45) is 4.86. The number of tetrazole rings is 1. The monoisotopic (exact) mass is 516 g/mol. The van der Waals surface area contributed by atoms with E-state index in [1.54, 1.807) is 44.9 Å². The summed E-state index contributed by atoms with van der Waals surface area (Å²) in [5.41, 5.74) is 3.79. The van der Waals surface area contributed by atoms with Crippen molar-refractivity contribution in [1.29, 1.82) is 5.26 Å². The van der Waals surface area contributed by atoms with Crippen LogP contribution in [0.2, 0.25) is 4.34 Å². The van der Waals surface area contributed by atoms with Gasteiger partial charge in [0.15, 0.2) is 5.75 Å². The average molecular weight is 517 g/mol. The summed E-state index contributed by atoms with van der Waals surface area (Å²) in [7, 11) is 3.28. The highest BCUT2D eigenvalue weighted by atomic mass is 35.5. The SMILES string of the molecule is COc1c(Nc2cc(Nc3ccnc(C#N)c3)ncc2-c2ncc(Cl)s2)cccc1-c1nnn(C)n1. The Labute approximate surface area is 214 Å². The lowest BCUT2D eigenvalue weighted by molar-refractivity contribution is 0.418. The molecule has 0 radical (unpaired) electrons. The van der Waals surface area contributed by atoms with Crippen LogP contribution in [0.25, 0.3) is 22.0 Å². The van der Waals surface area contributed by atoms with Crippen LogP contribution in [0.15, 0.2) is 55.0 Å². The fraction of sp³-hybridized carbons (Fsp3) is 0.0870. The van der Waals surface area contributed by atoms with Gasteiger partial charge in [0.05, 0.1) is 42.9 Å². The van der Waals surface area contributed by atoms with E-state index in [0.29, 0.717) is 55.1 Å². The third-order valence-electron chi connectivity index (χ3n) is 5.00. The van der Waals surface area contributed by atoms with Crippen LogP contribution in [0.3, 0.4) is 0 Å². The first-order chi connectivity index (χ1) is 17.5. The Morgan fingerprint density at radius 2 is 1.94 bits per heavy atom. The van der Waals surface area contributed by atoms with E-state index < -0.39 is 0 Å². The van der Waals surface area contributed by atoms with E-state index in [1.165, 1.54) is 16.1 Å². The Morgan fingerprint density at radius 1 is 1.06 bits per heavy atom. The molecule has 11 nitrogen and oxygen atoms in total. The molecule has 0 aliphatic rings. The van der Waals surface area contributed by atoms with Crippen molar-refractivity contribution in [2.45, 2.75) is 0 Å². The molecule has 0 saturated heterocycles. The number of nitriles is 1. The molecule has 1 aromatic carbocycles. The molecule has 0 unspecified atom stereocenters. The molecule has 4 heterocycles. The van der Waals surface area contributed by atoms with Gasteiger partial charge in [-0.3, -0.25) is 0 Å². The standard InChI is InChI=1S/C23H17ClN10OS/c1-34-32-22(31-33-34)15-4-3-5-17(21(15)35-2)30-18-9-20(29-13-6-7-26-14(8-13)10-25)27-11-16(18)23-28-12-19(24)36-23/h3-9,11-12H,1-2H3,(H2,26,27,29,30). The number of ether oxygens (including phenoxy) is 1. The van der Waals surface area contributed by atoms with Gasteiger partial charge >= 0.3 is 0 Å². The minimum Gasteiger partial charge on any atom is -0.494 e. The van der Waals surface area contributed by atoms with Gasteiger partial charge in [0.1, 0.15) is 26.9 Å². The second kappa shape index (κ2) is 9.95. The lowest BCUT2D eigenvalue weighted by Gasteiger charge is -2.16. The Kier molecular flexibility index (Phi) is 6.40. The zero-order valence-corrected chi connectivity index (χ0v) is 20.5. The van der Waals surface area contributed by atoms with Crippen molar-refractivity contribution >= 4 is 45.8 Å². The molecular formula is C23H17ClN10OS. The van der Waals surface area contributed by atoms with E-state index in [0.717, 1.165) is 5.56 Å². The van der Waals surface area contributed by atoms with Gasteiger partial charge in [-0.25, -0.2) is 15.0 Å². The molecule has 13 heteroatoms. The lowest BCUT2D eigenvalue weighted by Crippen LogP contribution is -2.01. The topological polar surface area (TPSA) is 139 Å². The van der Waals surface area contributed by atoms with E-state index in [2.05, 4.69) is 41.0 Å². The number of hydrogen-bond donors (Lipinski definition) is 2. The van der Waals surface area contributed by atoms with Crippen molar-refractivity contribution in [2.24, 2.45) is 7.05 Å². The molecule has 0 spiro atoms. The van der Waals surface area contributed by atoms with E-state index in [1.807, 2.05) is 30.3 Å². The molecule has 5 aromatic rings. The van der Waals surface area contributed by atoms with E-state index >= 15 is 0 Å². The number of aryl methyl sites for hydroxylation is 1. The van der Waals surface area contributed by atoms with Crippen molar-refractivity contribution < 1.29 is 4.74 Å². The maximum absolute atomic E-state index is 9.15. The van der Waals surface area contributed by atoms with Crippen LogP contribution < -0.4 is 15.4 Å². The molecule has 0 amide bonds. The normalized spacial score (nSPS) is 10.6. The highest BCUT2D eigenvalue weighted by Crippen LogP contribution is 2.40. The summed E-state index contributed by atoms with van der Waals surface area (Å²) in [6.45, 7) is 0. The number of benzene rings is 1. The van der Waals surface area contributed by atoms with E-state index in [4.69, 9.17) is 21.6 Å². The second-order valence-electron chi connectivity index (χ2n) is 7.37. The quantitative estimate of drug-likeness (QED) is 0.309. The molecule has 0 aliphatic heterocycles. The molecule has 5 rings (SSSR count). The van der Waals surface area contributed by atoms with Crippen molar-refractivity contribution in [2.75, 3.05) is 17.7 Å². The number of nitrogens with zero attached hydrogens (tertiary/aromatic N) is 8. The molecule has 0 saturated carbocycles. The molecule has 0 aliphatic carbocycles. The number of halogens is 1. The van der Waals surface area contributed by atoms with Gasteiger partial charge in [-0.2, -0.15) is 10.1 Å². The first-order valence-electron chi connectivity index (χ1n) is 10.5. The van der Waals surface area contributed by atoms with Crippen LogP contribution in [0.1, 0.15) is 5.69 Å². The summed E-state index contributed by atoms with van der Waals surface area (Å²) in [5, 5.41) is 28.8. The van der Waals surface area contributed by atoms with Crippen molar-refractivity contribution in [3.8, 4) is 33.8 Å². The molecule has 0 bridgehead atoms. The number of para-hydroxylation sites is 1. The smallest absolute Gasteiger partial charge is 0.208 e. The number of nitrogens with one attached hydrogen (secondary N) is 2. The number of thiazole rings is 1. The maximum Gasteiger partial charge on any atom is 0.208 e. The van der Waals surface area contributed by atoms with Crippen LogP contribution >= 0.6 is 22.9 Å². The fourth-order valence-corrected chi connectivity index (χ4v) is 4.40. The predicted molar refractivity (Wildman–Crippen MR) is 137 cm³/mol. The predicted octanol–water partition coefficient (Wildman–Crippen LogP) is 4.81. The van der Waals surface area contributed by atoms with Crippen LogP contribution in [0.4, 0.5) is 22.9 Å². The Hall–Kier alpha value is -4.60. The number of rotatable bonds is 7. The van der Waals surface area contributed by atoms with Gasteiger partial charge in [-0.15, -0.1) is 21.5 Å². The molecule has 0 fully saturated rings. The molecule has 4 aromatic heterocycles. The average Bonchev–Trinajstić information content (AvgIpc) is 3.52. The third-order valence-corrected chi connectivity index (χ3v) is 6.14. The van der Waals surface area contributed by atoms with Crippen molar-refractivity contribution in [3.63, 3.8) is 0 Å². The number of pyridine rings is 2. The molecule has 0 atom stereocenters. The molecule has 2 N–H and O–H groups in total. The first-order valence-corrected chi connectivity index (χ1v) is 11.7. The van der Waals surface area contributed by atoms with Crippen LogP contribution in [0, 0.1) is 11.3 Å². The van der Waals surface area contributed by atoms with Gasteiger partial charge in [0, 0.05) is 24.1 Å². The van der Waals surface area contributed by atoms with Crippen molar-refractivity contribution in [3.05, 3.63) is 65.0 Å². The number of anilines is 4. The number of hydrogen-bond acceptors (Lipinski definition) is 11. The summed E-state index contributed by atoms with van der Waals surface area (Å²) in [5.74, 6) is 1.53. The first kappa shape index (κ1) is 23.2. The second-order valence-corrected chi connectivity index (χ2v) is 9.03. The Morgan fingerprint density at radius 3 is 2.67 bits per heavy atom. The van der Waals surface area contributed by atoms with Gasteiger partial charge in [-0.05, 0) is 29.5 Å². The number of aromatic nitrogens is 7. The minimum atomic E-state index is 0.298. The highest BCUT2D eigenvalue weighted by Gasteiger charge is 2.18. The van der Waals surface area contributed by atoms with Crippen molar-refractivity contribution in [1.82, 2.24) is 35.2 Å². The van der Waals surface area contributed by atoms with Gasteiger partial charge in [0.25, 0.3) is 0 Å². The fourth-order valence-electron chi connectivity index (χ4n) is 3.46. The van der Waals surface area contributed by atoms with Crippen LogP contribution in [-0.4, -0.2) is 42.3 Å². The highest BCUT2D eigenvalue weighted by molar-refractivity contribution is 7.18. The summed E-state index contributed by atoms with van der Waals surface area (Å²) in [6, 6.07) is 12.9. The van der Waals surface area contributed by atoms with Gasteiger partial charge in [-0.1, -0.05) is 17.7 Å². The zero-order valence-electron chi connectivity index (χ0n) is 19.0. The van der Waals surface area contributed by atoms with Crippen LogP contribution in [-0.2, 0) is 7.05 Å². The summed E-state index contributed by atoms with van der Waals surface area (Å²) >= 11 is 7.50. The number of methoxy groups -OCH3 is 1. The zero-order chi connectivity index (χ0) is 25.1. The Bertz CT molecular complexity index is 1590. The van der Waals surface area contributed by atoms with Crippen LogP contribution in [0.5, 0.6) is 5.75 Å². The molecule has 178 valence electrons. The van der Waals surface area contributed by atoms with E-state index in [9.17, 15) is 0 Å². The minimum absolute atomic E-state index is 0.298. The third kappa shape index (κ3) is 4.78.